The van der Waals surface area contributed by atoms with Gasteiger partial charge in [0, 0.05) is 17.1 Å². The summed E-state index contributed by atoms with van der Waals surface area (Å²) in [4.78, 5) is 31.7. The van der Waals surface area contributed by atoms with Crippen molar-refractivity contribution in [1.82, 2.24) is 9.97 Å². The Morgan fingerprint density at radius 3 is 2.85 bits per heavy atom. The van der Waals surface area contributed by atoms with E-state index in [0.29, 0.717) is 5.13 Å². The SMILES string of the molecule is CCc1nc(NC(=O)c2cc(=O)c(OC)c[nH]2)sc1C. The highest BCUT2D eigenvalue weighted by atomic mass is 32.1. The quantitative estimate of drug-likeness (QED) is 0.902. The summed E-state index contributed by atoms with van der Waals surface area (Å²) in [7, 11) is 1.40. The molecule has 1 amide bonds. The van der Waals surface area contributed by atoms with Gasteiger partial charge in [0.2, 0.25) is 5.43 Å². The van der Waals surface area contributed by atoms with Gasteiger partial charge in [0.1, 0.15) is 5.69 Å². The number of pyridine rings is 1. The average Bonchev–Trinajstić information content (AvgIpc) is 2.78. The van der Waals surface area contributed by atoms with Gasteiger partial charge in [-0.25, -0.2) is 4.98 Å². The molecule has 7 heteroatoms. The van der Waals surface area contributed by atoms with Gasteiger partial charge in [-0.1, -0.05) is 6.92 Å². The van der Waals surface area contributed by atoms with E-state index in [1.807, 2.05) is 13.8 Å². The van der Waals surface area contributed by atoms with Crippen LogP contribution in [0.2, 0.25) is 0 Å². The maximum absolute atomic E-state index is 12.0. The third-order valence-corrected chi connectivity index (χ3v) is 3.72. The van der Waals surface area contributed by atoms with Gasteiger partial charge in [-0.15, -0.1) is 11.3 Å². The van der Waals surface area contributed by atoms with Crippen LogP contribution in [-0.4, -0.2) is 23.0 Å². The van der Waals surface area contributed by atoms with E-state index >= 15 is 0 Å². The van der Waals surface area contributed by atoms with Crippen molar-refractivity contribution in [3.8, 4) is 5.75 Å². The number of rotatable bonds is 4. The first-order valence-electron chi connectivity index (χ1n) is 6.09. The maximum Gasteiger partial charge on any atom is 0.273 e. The predicted octanol–water partition coefficient (Wildman–Crippen LogP) is 1.96. The highest BCUT2D eigenvalue weighted by Gasteiger charge is 2.13. The van der Waals surface area contributed by atoms with Crippen LogP contribution in [0.4, 0.5) is 5.13 Å². The monoisotopic (exact) mass is 293 g/mol. The van der Waals surface area contributed by atoms with E-state index in [2.05, 4.69) is 15.3 Å². The van der Waals surface area contributed by atoms with Gasteiger partial charge in [0.15, 0.2) is 10.9 Å². The molecule has 20 heavy (non-hydrogen) atoms. The van der Waals surface area contributed by atoms with E-state index in [9.17, 15) is 9.59 Å². The molecule has 0 fully saturated rings. The van der Waals surface area contributed by atoms with E-state index in [4.69, 9.17) is 4.74 Å². The van der Waals surface area contributed by atoms with Crippen molar-refractivity contribution in [2.24, 2.45) is 0 Å². The van der Waals surface area contributed by atoms with Crippen molar-refractivity contribution in [3.63, 3.8) is 0 Å². The number of nitrogens with one attached hydrogen (secondary N) is 2. The number of hydrogen-bond donors (Lipinski definition) is 2. The largest absolute Gasteiger partial charge is 0.491 e. The molecule has 106 valence electrons. The smallest absolute Gasteiger partial charge is 0.273 e. The molecule has 2 rings (SSSR count). The van der Waals surface area contributed by atoms with Crippen molar-refractivity contribution in [2.75, 3.05) is 12.4 Å². The fourth-order valence-corrected chi connectivity index (χ4v) is 2.62. The van der Waals surface area contributed by atoms with Crippen molar-refractivity contribution in [1.29, 1.82) is 0 Å². The first-order valence-corrected chi connectivity index (χ1v) is 6.91. The number of H-pyrrole nitrogens is 1. The number of hydrogen-bond acceptors (Lipinski definition) is 5. The second-order valence-electron chi connectivity index (χ2n) is 4.11. The molecule has 6 nitrogen and oxygen atoms in total. The molecule has 0 saturated carbocycles. The Morgan fingerprint density at radius 2 is 2.30 bits per heavy atom. The first kappa shape index (κ1) is 14.3. The Labute approximate surface area is 119 Å². The Kier molecular flexibility index (Phi) is 4.19. The van der Waals surface area contributed by atoms with E-state index in [1.54, 1.807) is 0 Å². The van der Waals surface area contributed by atoms with E-state index < -0.39 is 5.91 Å². The second kappa shape index (κ2) is 5.87. The lowest BCUT2D eigenvalue weighted by molar-refractivity contribution is 0.102. The first-order chi connectivity index (χ1) is 9.55. The number of nitrogens with zero attached hydrogens (tertiary/aromatic N) is 1. The number of aromatic amines is 1. The van der Waals surface area contributed by atoms with Crippen LogP contribution < -0.4 is 15.5 Å². The minimum Gasteiger partial charge on any atom is -0.491 e. The molecule has 2 aromatic rings. The number of aromatic nitrogens is 2. The molecule has 0 aliphatic heterocycles. The lowest BCUT2D eigenvalue weighted by Gasteiger charge is -2.03. The minimum absolute atomic E-state index is 0.167. The highest BCUT2D eigenvalue weighted by Crippen LogP contribution is 2.22. The molecular formula is C13H15N3O3S. The van der Waals surface area contributed by atoms with Gasteiger partial charge >= 0.3 is 0 Å². The maximum atomic E-state index is 12.0. The van der Waals surface area contributed by atoms with Crippen LogP contribution in [0.3, 0.4) is 0 Å². The van der Waals surface area contributed by atoms with E-state index in [1.165, 1.54) is 30.7 Å². The lowest BCUT2D eigenvalue weighted by atomic mass is 10.3. The Hall–Kier alpha value is -2.15. The summed E-state index contributed by atoms with van der Waals surface area (Å²) >= 11 is 1.41. The average molecular weight is 293 g/mol. The number of anilines is 1. The number of carbonyl (C=O) groups is 1. The van der Waals surface area contributed by atoms with Gasteiger partial charge in [-0.05, 0) is 13.3 Å². The number of aryl methyl sites for hydroxylation is 2. The molecule has 0 aromatic carbocycles. The van der Waals surface area contributed by atoms with Crippen LogP contribution in [-0.2, 0) is 6.42 Å². The summed E-state index contributed by atoms with van der Waals surface area (Å²) in [6.07, 6.45) is 2.18. The van der Waals surface area contributed by atoms with Crippen molar-refractivity contribution < 1.29 is 9.53 Å². The zero-order valence-corrected chi connectivity index (χ0v) is 12.3. The summed E-state index contributed by atoms with van der Waals surface area (Å²) in [5.74, 6) is -0.235. The Morgan fingerprint density at radius 1 is 1.55 bits per heavy atom. The Bertz CT molecular complexity index is 690. The number of amides is 1. The third-order valence-electron chi connectivity index (χ3n) is 2.79. The molecule has 0 aliphatic carbocycles. The zero-order chi connectivity index (χ0) is 14.7. The van der Waals surface area contributed by atoms with Gasteiger partial charge in [0.25, 0.3) is 5.91 Å². The van der Waals surface area contributed by atoms with Crippen molar-refractivity contribution in [3.05, 3.63) is 38.8 Å². The summed E-state index contributed by atoms with van der Waals surface area (Å²) in [5.41, 5.74) is 0.788. The van der Waals surface area contributed by atoms with Crippen LogP contribution in [0.5, 0.6) is 5.75 Å². The van der Waals surface area contributed by atoms with Gasteiger partial charge in [-0.2, -0.15) is 0 Å². The zero-order valence-electron chi connectivity index (χ0n) is 11.4. The van der Waals surface area contributed by atoms with Crippen LogP contribution in [0, 0.1) is 6.92 Å². The van der Waals surface area contributed by atoms with Gasteiger partial charge in [0.05, 0.1) is 12.8 Å². The van der Waals surface area contributed by atoms with Gasteiger partial charge in [-0.3, -0.25) is 14.9 Å². The van der Waals surface area contributed by atoms with Crippen molar-refractivity contribution in [2.45, 2.75) is 20.3 Å². The van der Waals surface area contributed by atoms with E-state index in [-0.39, 0.29) is 16.9 Å². The molecule has 2 heterocycles. The molecule has 0 spiro atoms. The fourth-order valence-electron chi connectivity index (χ4n) is 1.72. The number of thiazole rings is 1. The second-order valence-corrected chi connectivity index (χ2v) is 5.31. The topological polar surface area (TPSA) is 84.1 Å². The molecule has 0 unspecified atom stereocenters. The number of methoxy groups -OCH3 is 1. The summed E-state index contributed by atoms with van der Waals surface area (Å²) in [6, 6.07) is 1.20. The van der Waals surface area contributed by atoms with Crippen LogP contribution >= 0.6 is 11.3 Å². The molecule has 0 radical (unpaired) electrons. The molecular weight excluding hydrogens is 278 g/mol. The summed E-state index contributed by atoms with van der Waals surface area (Å²) in [6.45, 7) is 3.97. The van der Waals surface area contributed by atoms with E-state index in [0.717, 1.165) is 17.0 Å². The number of carbonyl (C=O) groups excluding carboxylic acids is 1. The third kappa shape index (κ3) is 2.88. The predicted molar refractivity (Wildman–Crippen MR) is 77.8 cm³/mol. The molecule has 2 N–H and O–H groups in total. The molecule has 0 saturated heterocycles. The fraction of sp³-hybridized carbons (Fsp3) is 0.308. The van der Waals surface area contributed by atoms with Crippen LogP contribution in [0.15, 0.2) is 17.1 Å². The molecule has 2 aromatic heterocycles. The molecule has 0 bridgehead atoms. The van der Waals surface area contributed by atoms with Gasteiger partial charge < -0.3 is 9.72 Å². The molecule has 0 atom stereocenters. The standard InChI is InChI=1S/C13H15N3O3S/c1-4-8-7(2)20-13(15-8)16-12(18)9-5-10(17)11(19-3)6-14-9/h5-6H,4H2,1-3H3,(H,14,17)(H,15,16,18). The minimum atomic E-state index is -0.402. The normalized spacial score (nSPS) is 10.3. The van der Waals surface area contributed by atoms with Crippen LogP contribution in [0.25, 0.3) is 0 Å². The Balaban J connectivity index is 2.19. The summed E-state index contributed by atoms with van der Waals surface area (Å²) < 4.78 is 4.85. The lowest BCUT2D eigenvalue weighted by Crippen LogP contribution is -2.17. The number of ether oxygens (including phenoxy) is 1. The molecule has 0 aliphatic rings. The summed E-state index contributed by atoms with van der Waals surface area (Å²) in [5, 5.41) is 3.20. The van der Waals surface area contributed by atoms with Crippen LogP contribution in [0.1, 0.15) is 28.0 Å². The van der Waals surface area contributed by atoms with Crippen molar-refractivity contribution >= 4 is 22.4 Å². The highest BCUT2D eigenvalue weighted by molar-refractivity contribution is 7.15.